The maximum atomic E-state index is 13.4. The van der Waals surface area contributed by atoms with Crippen LogP contribution in [-0.2, 0) is 0 Å². The van der Waals surface area contributed by atoms with Crippen LogP contribution in [-0.4, -0.2) is 37.3 Å². The number of para-hydroxylation sites is 2. The zero-order valence-electron chi connectivity index (χ0n) is 15.1. The number of halogens is 2. The van der Waals surface area contributed by atoms with Gasteiger partial charge < -0.3 is 15.1 Å². The molecule has 0 saturated heterocycles. The van der Waals surface area contributed by atoms with Crippen molar-refractivity contribution in [1.29, 1.82) is 0 Å². The molecule has 2 aromatic heterocycles. The van der Waals surface area contributed by atoms with Crippen molar-refractivity contribution >= 4 is 33.7 Å². The molecule has 29 heavy (non-hydrogen) atoms. The van der Waals surface area contributed by atoms with Crippen LogP contribution in [0.1, 0.15) is 18.5 Å². The summed E-state index contributed by atoms with van der Waals surface area (Å²) in [6.45, 7) is 0.503. The van der Waals surface area contributed by atoms with E-state index < -0.39 is 23.4 Å². The molecule has 1 unspecified atom stereocenters. The van der Waals surface area contributed by atoms with Gasteiger partial charge in [0.2, 0.25) is 0 Å². The quantitative estimate of drug-likeness (QED) is 0.159. The molecule has 1 atom stereocenters. The van der Waals surface area contributed by atoms with Crippen molar-refractivity contribution in [2.75, 3.05) is 12.3 Å². The van der Waals surface area contributed by atoms with Crippen LogP contribution in [0, 0.1) is 11.6 Å². The van der Waals surface area contributed by atoms with Gasteiger partial charge in [-0.25, -0.2) is 18.7 Å². The SMILES string of the molecule is O=c1[nH]c(SCCCNC(O)c2nc3ccccc3[nH]2)nc2cc(F)c(F)cc12. The van der Waals surface area contributed by atoms with Gasteiger partial charge in [0.15, 0.2) is 28.8 Å². The number of hydrogen-bond acceptors (Lipinski definition) is 6. The zero-order valence-corrected chi connectivity index (χ0v) is 15.9. The molecule has 4 aromatic rings. The Morgan fingerprint density at radius 2 is 1.90 bits per heavy atom. The second kappa shape index (κ2) is 8.27. The molecule has 10 heteroatoms. The van der Waals surface area contributed by atoms with Gasteiger partial charge in [-0.1, -0.05) is 23.9 Å². The molecule has 7 nitrogen and oxygen atoms in total. The van der Waals surface area contributed by atoms with Gasteiger partial charge in [0.25, 0.3) is 5.56 Å². The second-order valence-corrected chi connectivity index (χ2v) is 7.44. The van der Waals surface area contributed by atoms with E-state index in [1.54, 1.807) is 0 Å². The molecule has 0 aliphatic carbocycles. The van der Waals surface area contributed by atoms with E-state index in [9.17, 15) is 18.7 Å². The number of thioether (sulfide) groups is 1. The highest BCUT2D eigenvalue weighted by molar-refractivity contribution is 7.99. The largest absolute Gasteiger partial charge is 0.371 e. The van der Waals surface area contributed by atoms with Gasteiger partial charge in [-0.3, -0.25) is 10.1 Å². The van der Waals surface area contributed by atoms with E-state index in [1.165, 1.54) is 11.8 Å². The number of benzene rings is 2. The van der Waals surface area contributed by atoms with Crippen molar-refractivity contribution < 1.29 is 13.9 Å². The molecule has 0 saturated carbocycles. The summed E-state index contributed by atoms with van der Waals surface area (Å²) in [6, 6.07) is 9.25. The summed E-state index contributed by atoms with van der Waals surface area (Å²) in [5, 5.41) is 13.5. The van der Waals surface area contributed by atoms with Gasteiger partial charge in [-0.15, -0.1) is 0 Å². The topological polar surface area (TPSA) is 107 Å². The summed E-state index contributed by atoms with van der Waals surface area (Å²) in [4.78, 5) is 26.1. The Hall–Kier alpha value is -2.82. The fourth-order valence-corrected chi connectivity index (χ4v) is 3.67. The number of H-pyrrole nitrogens is 2. The molecule has 2 aromatic carbocycles. The summed E-state index contributed by atoms with van der Waals surface area (Å²) in [5.41, 5.74) is 1.21. The van der Waals surface area contributed by atoms with E-state index in [2.05, 4.69) is 25.3 Å². The number of nitrogens with zero attached hydrogens (tertiary/aromatic N) is 2. The minimum atomic E-state index is -1.08. The smallest absolute Gasteiger partial charge is 0.259 e. The number of aromatic amines is 2. The third kappa shape index (κ3) is 4.29. The van der Waals surface area contributed by atoms with Crippen LogP contribution < -0.4 is 10.9 Å². The number of aromatic nitrogens is 4. The van der Waals surface area contributed by atoms with Gasteiger partial charge >= 0.3 is 0 Å². The van der Waals surface area contributed by atoms with Crippen LogP contribution in [0.2, 0.25) is 0 Å². The lowest BCUT2D eigenvalue weighted by atomic mass is 10.2. The highest BCUT2D eigenvalue weighted by Gasteiger charge is 2.12. The van der Waals surface area contributed by atoms with Gasteiger partial charge in [0.1, 0.15) is 0 Å². The van der Waals surface area contributed by atoms with Crippen molar-refractivity contribution in [1.82, 2.24) is 25.3 Å². The third-order valence-corrected chi connectivity index (χ3v) is 5.25. The minimum absolute atomic E-state index is 0.00359. The molecule has 0 amide bonds. The molecular weight excluding hydrogens is 400 g/mol. The first kappa shape index (κ1) is 19.5. The van der Waals surface area contributed by atoms with E-state index >= 15 is 0 Å². The molecule has 4 rings (SSSR count). The predicted molar refractivity (Wildman–Crippen MR) is 107 cm³/mol. The molecule has 0 aliphatic heterocycles. The summed E-state index contributed by atoms with van der Waals surface area (Å²) < 4.78 is 26.6. The fourth-order valence-electron chi connectivity index (χ4n) is 2.86. The van der Waals surface area contributed by atoms with Gasteiger partial charge in [0, 0.05) is 11.8 Å². The van der Waals surface area contributed by atoms with Crippen LogP contribution in [0.3, 0.4) is 0 Å². The maximum absolute atomic E-state index is 13.4. The Morgan fingerprint density at radius 1 is 1.10 bits per heavy atom. The average molecular weight is 417 g/mol. The minimum Gasteiger partial charge on any atom is -0.371 e. The van der Waals surface area contributed by atoms with Crippen LogP contribution in [0.15, 0.2) is 46.3 Å². The molecule has 0 bridgehead atoms. The molecular formula is C19H17F2N5O2S. The first-order valence-corrected chi connectivity index (χ1v) is 9.88. The zero-order chi connectivity index (χ0) is 20.4. The Kier molecular flexibility index (Phi) is 5.56. The normalized spacial score (nSPS) is 12.7. The first-order valence-electron chi connectivity index (χ1n) is 8.89. The van der Waals surface area contributed by atoms with E-state index in [4.69, 9.17) is 0 Å². The summed E-state index contributed by atoms with van der Waals surface area (Å²) in [6.07, 6.45) is -0.259. The number of aliphatic hydroxyl groups is 1. The summed E-state index contributed by atoms with van der Waals surface area (Å²) >= 11 is 1.28. The Morgan fingerprint density at radius 3 is 2.72 bits per heavy atom. The predicted octanol–water partition coefficient (Wildman–Crippen LogP) is 2.84. The molecule has 0 aliphatic rings. The molecule has 4 N–H and O–H groups in total. The summed E-state index contributed by atoms with van der Waals surface area (Å²) in [5.74, 6) is -1.10. The number of imidazole rings is 1. The second-order valence-electron chi connectivity index (χ2n) is 6.35. The number of rotatable bonds is 7. The van der Waals surface area contributed by atoms with Gasteiger partial charge in [-0.05, 0) is 31.2 Å². The van der Waals surface area contributed by atoms with Gasteiger partial charge in [0.05, 0.1) is 21.9 Å². The monoisotopic (exact) mass is 417 g/mol. The highest BCUT2D eigenvalue weighted by Crippen LogP contribution is 2.18. The van der Waals surface area contributed by atoms with Crippen molar-refractivity contribution in [3.05, 3.63) is 64.2 Å². The van der Waals surface area contributed by atoms with E-state index in [0.717, 1.165) is 23.2 Å². The third-order valence-electron chi connectivity index (χ3n) is 4.29. The highest BCUT2D eigenvalue weighted by atomic mass is 32.2. The van der Waals surface area contributed by atoms with Gasteiger partial charge in [-0.2, -0.15) is 0 Å². The molecule has 0 spiro atoms. The first-order chi connectivity index (χ1) is 14.0. The number of aliphatic hydroxyl groups excluding tert-OH is 1. The Bertz CT molecular complexity index is 1190. The lowest BCUT2D eigenvalue weighted by Crippen LogP contribution is -2.23. The van der Waals surface area contributed by atoms with Crippen molar-refractivity contribution in [3.8, 4) is 0 Å². The van der Waals surface area contributed by atoms with Crippen molar-refractivity contribution in [2.45, 2.75) is 17.8 Å². The van der Waals surface area contributed by atoms with Crippen LogP contribution in [0.5, 0.6) is 0 Å². The maximum Gasteiger partial charge on any atom is 0.259 e. The molecule has 150 valence electrons. The standard InChI is InChI=1S/C19H17F2N5O2S/c20-11-8-10-15(9-12(11)21)25-19(26-17(10)27)29-7-3-6-22-18(28)16-23-13-4-1-2-5-14(13)24-16/h1-2,4-5,8-9,18,22,28H,3,6-7H2,(H,23,24)(H,25,26,27). The number of nitrogens with one attached hydrogen (secondary N) is 3. The van der Waals surface area contributed by atoms with E-state index in [-0.39, 0.29) is 10.9 Å². The fraction of sp³-hybridized carbons (Fsp3) is 0.211. The number of fused-ring (bicyclic) bond motifs is 2. The van der Waals surface area contributed by atoms with Crippen molar-refractivity contribution in [3.63, 3.8) is 0 Å². The lowest BCUT2D eigenvalue weighted by molar-refractivity contribution is 0.131. The molecule has 0 radical (unpaired) electrons. The Labute approximate surface area is 167 Å². The molecule has 0 fully saturated rings. The van der Waals surface area contributed by atoms with Crippen LogP contribution >= 0.6 is 11.8 Å². The van der Waals surface area contributed by atoms with Crippen LogP contribution in [0.25, 0.3) is 21.9 Å². The average Bonchev–Trinajstić information content (AvgIpc) is 3.13. The lowest BCUT2D eigenvalue weighted by Gasteiger charge is -2.10. The molecule has 2 heterocycles. The number of hydrogen-bond donors (Lipinski definition) is 4. The van der Waals surface area contributed by atoms with Crippen molar-refractivity contribution in [2.24, 2.45) is 0 Å². The van der Waals surface area contributed by atoms with E-state index in [1.807, 2.05) is 24.3 Å². The Balaban J connectivity index is 1.31. The van der Waals surface area contributed by atoms with Crippen LogP contribution in [0.4, 0.5) is 8.78 Å². The summed E-state index contributed by atoms with van der Waals surface area (Å²) in [7, 11) is 0. The van der Waals surface area contributed by atoms with E-state index in [0.29, 0.717) is 29.7 Å².